The maximum absolute atomic E-state index is 11.7. The molecule has 0 saturated heterocycles. The van der Waals surface area contributed by atoms with Crippen molar-refractivity contribution in [1.29, 1.82) is 0 Å². The second-order valence-electron chi connectivity index (χ2n) is 3.48. The van der Waals surface area contributed by atoms with E-state index in [1.165, 1.54) is 18.3 Å². The van der Waals surface area contributed by atoms with E-state index in [1.807, 2.05) is 0 Å². The molecule has 98 valence electrons. The van der Waals surface area contributed by atoms with Crippen LogP contribution in [-0.2, 0) is 0 Å². The van der Waals surface area contributed by atoms with Crippen LogP contribution in [0.5, 0.6) is 5.75 Å². The van der Waals surface area contributed by atoms with Crippen LogP contribution >= 0.6 is 23.2 Å². The fraction of sp³-hybridized carbons (Fsp3) is 0. The first kappa shape index (κ1) is 13.4. The Morgan fingerprint density at radius 1 is 1.21 bits per heavy atom. The monoisotopic (exact) mass is 298 g/mol. The van der Waals surface area contributed by atoms with Gasteiger partial charge in [0.25, 0.3) is 0 Å². The number of phenols is 1. The number of urea groups is 1. The molecule has 0 fully saturated rings. The van der Waals surface area contributed by atoms with Gasteiger partial charge in [0.15, 0.2) is 11.6 Å². The third-order valence-electron chi connectivity index (χ3n) is 2.09. The summed E-state index contributed by atoms with van der Waals surface area (Å²) in [4.78, 5) is 11.7. The number of nitrogens with zero attached hydrogens (tertiary/aromatic N) is 2. The van der Waals surface area contributed by atoms with Gasteiger partial charge in [0.1, 0.15) is 0 Å². The van der Waals surface area contributed by atoms with Crippen LogP contribution in [0.25, 0.3) is 0 Å². The van der Waals surface area contributed by atoms with Crippen LogP contribution in [-0.4, -0.2) is 21.3 Å². The topological polar surface area (TPSA) is 87.1 Å². The number of halogens is 2. The summed E-state index contributed by atoms with van der Waals surface area (Å²) in [6.07, 6.45) is 1.49. The van der Waals surface area contributed by atoms with Gasteiger partial charge in [0.05, 0.1) is 10.0 Å². The van der Waals surface area contributed by atoms with E-state index in [-0.39, 0.29) is 15.8 Å². The smallest absolute Gasteiger partial charge is 0.324 e. The Labute approximate surface area is 118 Å². The minimum Gasteiger partial charge on any atom is -0.505 e. The van der Waals surface area contributed by atoms with Gasteiger partial charge in [-0.3, -0.25) is 5.32 Å². The Bertz CT molecular complexity index is 584. The van der Waals surface area contributed by atoms with Gasteiger partial charge in [-0.15, -0.1) is 5.10 Å². The summed E-state index contributed by atoms with van der Waals surface area (Å²) in [7, 11) is 0. The molecule has 2 rings (SSSR count). The summed E-state index contributed by atoms with van der Waals surface area (Å²) in [6, 6.07) is 5.44. The van der Waals surface area contributed by atoms with Crippen LogP contribution in [0.15, 0.2) is 30.5 Å². The maximum Gasteiger partial charge on any atom is 0.324 e. The molecule has 0 aliphatic rings. The molecule has 0 saturated carbocycles. The molecule has 0 atom stereocenters. The fourth-order valence-electron chi connectivity index (χ4n) is 1.28. The van der Waals surface area contributed by atoms with Crippen molar-refractivity contribution >= 4 is 40.7 Å². The highest BCUT2D eigenvalue weighted by Gasteiger charge is 2.09. The molecule has 0 aliphatic carbocycles. The van der Waals surface area contributed by atoms with Gasteiger partial charge >= 0.3 is 6.03 Å². The number of anilines is 2. The van der Waals surface area contributed by atoms with E-state index in [4.69, 9.17) is 23.2 Å². The molecule has 0 spiro atoms. The third-order valence-corrected chi connectivity index (χ3v) is 2.66. The van der Waals surface area contributed by atoms with Gasteiger partial charge in [-0.2, -0.15) is 5.10 Å². The summed E-state index contributed by atoms with van der Waals surface area (Å²) in [5, 5.41) is 21.8. The molecule has 0 aliphatic heterocycles. The van der Waals surface area contributed by atoms with Gasteiger partial charge in [-0.25, -0.2) is 4.79 Å². The lowest BCUT2D eigenvalue weighted by molar-refractivity contribution is 0.262. The van der Waals surface area contributed by atoms with Crippen molar-refractivity contribution in [2.24, 2.45) is 0 Å². The molecule has 0 radical (unpaired) electrons. The van der Waals surface area contributed by atoms with Gasteiger partial charge in [-0.05, 0) is 24.3 Å². The Morgan fingerprint density at radius 2 is 1.89 bits per heavy atom. The van der Waals surface area contributed by atoms with Crippen LogP contribution in [0.1, 0.15) is 0 Å². The highest BCUT2D eigenvalue weighted by molar-refractivity contribution is 6.37. The van der Waals surface area contributed by atoms with Crippen LogP contribution in [0.3, 0.4) is 0 Å². The average molecular weight is 299 g/mol. The molecule has 8 heteroatoms. The number of benzene rings is 1. The zero-order valence-electron chi connectivity index (χ0n) is 9.39. The minimum absolute atomic E-state index is 0.0438. The summed E-state index contributed by atoms with van der Waals surface area (Å²) in [5.74, 6) is 0.0687. The molecule has 3 N–H and O–H groups in total. The number of nitrogens with one attached hydrogen (secondary N) is 2. The van der Waals surface area contributed by atoms with Gasteiger partial charge < -0.3 is 10.4 Å². The summed E-state index contributed by atoms with van der Waals surface area (Å²) >= 11 is 11.5. The van der Waals surface area contributed by atoms with Crippen LogP contribution < -0.4 is 10.6 Å². The van der Waals surface area contributed by atoms with E-state index in [9.17, 15) is 9.90 Å². The first-order valence-electron chi connectivity index (χ1n) is 5.10. The van der Waals surface area contributed by atoms with E-state index >= 15 is 0 Å². The van der Waals surface area contributed by atoms with Crippen LogP contribution in [0, 0.1) is 0 Å². The van der Waals surface area contributed by atoms with E-state index in [2.05, 4.69) is 20.8 Å². The number of rotatable bonds is 2. The normalized spacial score (nSPS) is 10.0. The van der Waals surface area contributed by atoms with Gasteiger partial charge in [0, 0.05) is 11.9 Å². The Morgan fingerprint density at radius 3 is 2.47 bits per heavy atom. The standard InChI is InChI=1S/C11H8Cl2N4O2/c12-7-4-6(5-8(13)10(7)18)15-11(19)16-9-2-1-3-14-17-9/h1-5,18H,(H2,15,16,17,19). The van der Waals surface area contributed by atoms with E-state index in [1.54, 1.807) is 12.1 Å². The fourth-order valence-corrected chi connectivity index (χ4v) is 1.77. The molecule has 2 amide bonds. The number of amides is 2. The van der Waals surface area contributed by atoms with Crippen molar-refractivity contribution in [2.45, 2.75) is 0 Å². The summed E-state index contributed by atoms with van der Waals surface area (Å²) < 4.78 is 0. The molecular weight excluding hydrogens is 291 g/mol. The Kier molecular flexibility index (Phi) is 4.03. The SMILES string of the molecule is O=C(Nc1cc(Cl)c(O)c(Cl)c1)Nc1cccnn1. The first-order valence-corrected chi connectivity index (χ1v) is 5.85. The van der Waals surface area contributed by atoms with Crippen LogP contribution in [0.4, 0.5) is 16.3 Å². The predicted molar refractivity (Wildman–Crippen MR) is 72.8 cm³/mol. The molecule has 6 nitrogen and oxygen atoms in total. The summed E-state index contributed by atoms with van der Waals surface area (Å²) in [6.45, 7) is 0. The molecule has 1 heterocycles. The zero-order chi connectivity index (χ0) is 13.8. The number of carbonyl (C=O) groups excluding carboxylic acids is 1. The summed E-state index contributed by atoms with van der Waals surface area (Å²) in [5.41, 5.74) is 0.342. The van der Waals surface area contributed by atoms with Crippen molar-refractivity contribution in [3.05, 3.63) is 40.5 Å². The van der Waals surface area contributed by atoms with Crippen molar-refractivity contribution < 1.29 is 9.90 Å². The average Bonchev–Trinajstić information content (AvgIpc) is 2.37. The molecule has 19 heavy (non-hydrogen) atoms. The molecule has 1 aromatic heterocycles. The molecule has 1 aromatic carbocycles. The number of hydrogen-bond acceptors (Lipinski definition) is 4. The number of carbonyl (C=O) groups is 1. The van der Waals surface area contributed by atoms with E-state index in [0.29, 0.717) is 11.5 Å². The quantitative estimate of drug-likeness (QED) is 0.743. The highest BCUT2D eigenvalue weighted by Crippen LogP contribution is 2.34. The first-order chi connectivity index (χ1) is 9.06. The maximum atomic E-state index is 11.7. The zero-order valence-corrected chi connectivity index (χ0v) is 10.9. The van der Waals surface area contributed by atoms with E-state index in [0.717, 1.165) is 0 Å². The molecule has 0 bridgehead atoms. The number of phenolic OH excluding ortho intramolecular Hbond substituents is 1. The molecule has 2 aromatic rings. The Balaban J connectivity index is 2.07. The third kappa shape index (κ3) is 3.46. The largest absolute Gasteiger partial charge is 0.505 e. The van der Waals surface area contributed by atoms with Crippen LogP contribution in [0.2, 0.25) is 10.0 Å². The van der Waals surface area contributed by atoms with Crippen molar-refractivity contribution in [2.75, 3.05) is 10.6 Å². The molecule has 0 unspecified atom stereocenters. The lowest BCUT2D eigenvalue weighted by Gasteiger charge is -2.08. The number of hydrogen-bond donors (Lipinski definition) is 3. The lowest BCUT2D eigenvalue weighted by Crippen LogP contribution is -2.20. The van der Waals surface area contributed by atoms with Crippen molar-refractivity contribution in [3.8, 4) is 5.75 Å². The number of aromatic nitrogens is 2. The van der Waals surface area contributed by atoms with Gasteiger partial charge in [0.2, 0.25) is 0 Å². The Hall–Kier alpha value is -2.05. The minimum atomic E-state index is -0.529. The van der Waals surface area contributed by atoms with Crippen molar-refractivity contribution in [3.63, 3.8) is 0 Å². The second-order valence-corrected chi connectivity index (χ2v) is 4.29. The predicted octanol–water partition coefficient (Wildman–Crippen LogP) is 3.13. The lowest BCUT2D eigenvalue weighted by atomic mass is 10.3. The number of aromatic hydroxyl groups is 1. The van der Waals surface area contributed by atoms with Crippen molar-refractivity contribution in [1.82, 2.24) is 10.2 Å². The molecular formula is C11H8Cl2N4O2. The second kappa shape index (κ2) is 5.73. The van der Waals surface area contributed by atoms with E-state index < -0.39 is 6.03 Å². The highest BCUT2D eigenvalue weighted by atomic mass is 35.5. The van der Waals surface area contributed by atoms with Gasteiger partial charge in [-0.1, -0.05) is 23.2 Å².